The summed E-state index contributed by atoms with van der Waals surface area (Å²) in [4.78, 5) is 33.5. The lowest BCUT2D eigenvalue weighted by atomic mass is 10.0. The van der Waals surface area contributed by atoms with Crippen LogP contribution >= 0.6 is 0 Å². The number of nitrogens with two attached hydrogens (primary N) is 1. The highest BCUT2D eigenvalue weighted by Crippen LogP contribution is 2.27. The maximum Gasteiger partial charge on any atom is 0.256 e. The molecule has 1 saturated heterocycles. The third kappa shape index (κ3) is 3.78. The molecule has 144 valence electrons. The van der Waals surface area contributed by atoms with Crippen LogP contribution < -0.4 is 5.73 Å². The van der Waals surface area contributed by atoms with Gasteiger partial charge in [-0.2, -0.15) is 0 Å². The van der Waals surface area contributed by atoms with Crippen LogP contribution in [0, 0.1) is 0 Å². The number of carbonyl (C=O) groups excluding carboxylic acids is 2. The van der Waals surface area contributed by atoms with Gasteiger partial charge in [0.1, 0.15) is 5.69 Å². The average molecular weight is 372 g/mol. The first-order valence-corrected chi connectivity index (χ1v) is 8.73. The Hall–Kier alpha value is -2.55. The van der Waals surface area contributed by atoms with Crippen molar-refractivity contribution in [3.63, 3.8) is 0 Å². The van der Waals surface area contributed by atoms with E-state index in [1.54, 1.807) is 29.2 Å². The van der Waals surface area contributed by atoms with Gasteiger partial charge in [0.05, 0.1) is 16.6 Å². The smallest absolute Gasteiger partial charge is 0.256 e. The Labute approximate surface area is 157 Å². The fourth-order valence-electron chi connectivity index (χ4n) is 3.26. The van der Waals surface area contributed by atoms with Crippen LogP contribution in [0.3, 0.4) is 0 Å². The molecule has 0 saturated carbocycles. The van der Waals surface area contributed by atoms with Gasteiger partial charge in [0, 0.05) is 45.8 Å². The molecule has 0 radical (unpaired) electrons. The number of fused-ring (bicyclic) bond motifs is 1. The van der Waals surface area contributed by atoms with Gasteiger partial charge in [-0.3, -0.25) is 9.59 Å². The van der Waals surface area contributed by atoms with E-state index in [0.29, 0.717) is 40.8 Å². The number of pyridine rings is 1. The number of ether oxygens (including phenoxy) is 2. The van der Waals surface area contributed by atoms with Crippen molar-refractivity contribution in [3.05, 3.63) is 41.1 Å². The van der Waals surface area contributed by atoms with Gasteiger partial charge in [-0.25, -0.2) is 4.98 Å². The second kappa shape index (κ2) is 7.99. The summed E-state index contributed by atoms with van der Waals surface area (Å²) in [5.41, 5.74) is 6.94. The Morgan fingerprint density at radius 3 is 2.37 bits per heavy atom. The Kier molecular flexibility index (Phi) is 5.69. The van der Waals surface area contributed by atoms with Crippen LogP contribution in [0.5, 0.6) is 0 Å². The molecule has 2 heterocycles. The predicted octanol–water partition coefficient (Wildman–Crippen LogP) is 1.01. The first-order valence-electron chi connectivity index (χ1n) is 8.73. The lowest BCUT2D eigenvalue weighted by molar-refractivity contribution is -0.108. The monoisotopic (exact) mass is 372 g/mol. The summed E-state index contributed by atoms with van der Waals surface area (Å²) in [7, 11) is 4.98. The van der Waals surface area contributed by atoms with Gasteiger partial charge in [-0.05, 0) is 19.2 Å². The molecule has 0 atom stereocenters. The van der Waals surface area contributed by atoms with Gasteiger partial charge in [0.25, 0.3) is 11.8 Å². The molecule has 1 aliphatic heterocycles. The van der Waals surface area contributed by atoms with E-state index in [1.807, 2.05) is 7.05 Å². The first-order chi connectivity index (χ1) is 13.0. The van der Waals surface area contributed by atoms with Crippen LogP contribution in [0.1, 0.15) is 32.7 Å². The molecule has 8 heteroatoms. The SMILES string of the molecule is COC(OC)c1nc2c(C(N)=O)cccc2cc1C(=O)N1CCN(C)CC1. The standard InChI is InChI=1S/C19H24N4O4/c1-22-7-9-23(10-8-22)18(25)14-11-12-5-4-6-13(17(20)24)15(12)21-16(14)19(26-2)27-3/h4-6,11,19H,7-10H2,1-3H3,(H2,20,24). The Morgan fingerprint density at radius 2 is 1.78 bits per heavy atom. The fraction of sp³-hybridized carbons (Fsp3) is 0.421. The topological polar surface area (TPSA) is 98.0 Å². The zero-order chi connectivity index (χ0) is 19.6. The van der Waals surface area contributed by atoms with Crippen molar-refractivity contribution in [1.29, 1.82) is 0 Å². The van der Waals surface area contributed by atoms with Gasteiger partial charge in [0.2, 0.25) is 6.29 Å². The minimum atomic E-state index is -0.832. The minimum Gasteiger partial charge on any atom is -0.366 e. The summed E-state index contributed by atoms with van der Waals surface area (Å²) in [5, 5.41) is 0.665. The zero-order valence-corrected chi connectivity index (χ0v) is 15.8. The molecule has 1 aromatic carbocycles. The second-order valence-electron chi connectivity index (χ2n) is 6.56. The molecule has 0 spiro atoms. The van der Waals surface area contributed by atoms with Crippen molar-refractivity contribution in [3.8, 4) is 0 Å². The second-order valence-corrected chi connectivity index (χ2v) is 6.56. The first kappa shape index (κ1) is 19.2. The number of piperazine rings is 1. The molecule has 1 fully saturated rings. The van der Waals surface area contributed by atoms with E-state index in [2.05, 4.69) is 9.88 Å². The summed E-state index contributed by atoms with van der Waals surface area (Å²) >= 11 is 0. The summed E-state index contributed by atoms with van der Waals surface area (Å²) < 4.78 is 10.7. The van der Waals surface area contributed by atoms with E-state index in [-0.39, 0.29) is 5.91 Å². The normalized spacial score (nSPS) is 15.5. The van der Waals surface area contributed by atoms with E-state index in [9.17, 15) is 9.59 Å². The van der Waals surface area contributed by atoms with E-state index in [1.165, 1.54) is 14.2 Å². The fourth-order valence-corrected chi connectivity index (χ4v) is 3.26. The average Bonchev–Trinajstić information content (AvgIpc) is 2.68. The molecule has 0 bridgehead atoms. The molecule has 0 aliphatic carbocycles. The number of hydrogen-bond acceptors (Lipinski definition) is 6. The molecule has 2 aromatic rings. The van der Waals surface area contributed by atoms with Crippen LogP contribution in [0.25, 0.3) is 10.9 Å². The van der Waals surface area contributed by atoms with Gasteiger partial charge in [-0.1, -0.05) is 12.1 Å². The highest BCUT2D eigenvalue weighted by Gasteiger charge is 2.27. The molecule has 1 aliphatic rings. The molecule has 1 aromatic heterocycles. The van der Waals surface area contributed by atoms with E-state index < -0.39 is 12.2 Å². The largest absolute Gasteiger partial charge is 0.366 e. The third-order valence-electron chi connectivity index (χ3n) is 4.81. The number of likely N-dealkylation sites (N-methyl/N-ethyl adjacent to an activating group) is 1. The summed E-state index contributed by atoms with van der Waals surface area (Å²) in [6.07, 6.45) is -0.832. The molecule has 2 N–H and O–H groups in total. The van der Waals surface area contributed by atoms with Gasteiger partial charge in [0.15, 0.2) is 0 Å². The van der Waals surface area contributed by atoms with Crippen molar-refractivity contribution in [2.75, 3.05) is 47.4 Å². The lowest BCUT2D eigenvalue weighted by Gasteiger charge is -2.33. The van der Waals surface area contributed by atoms with E-state index in [0.717, 1.165) is 13.1 Å². The van der Waals surface area contributed by atoms with Crippen molar-refractivity contribution >= 4 is 22.7 Å². The Bertz CT molecular complexity index is 858. The summed E-state index contributed by atoms with van der Waals surface area (Å²) in [6, 6.07) is 6.86. The number of primary amides is 1. The molecule has 3 rings (SSSR count). The zero-order valence-electron chi connectivity index (χ0n) is 15.8. The van der Waals surface area contributed by atoms with Gasteiger partial charge < -0.3 is 25.0 Å². The number of hydrogen-bond donors (Lipinski definition) is 1. The highest BCUT2D eigenvalue weighted by atomic mass is 16.7. The van der Waals surface area contributed by atoms with Crippen LogP contribution in [0.4, 0.5) is 0 Å². The number of amides is 2. The van der Waals surface area contributed by atoms with E-state index in [4.69, 9.17) is 15.2 Å². The molecule has 8 nitrogen and oxygen atoms in total. The molecule has 2 amide bonds. The molecular formula is C19H24N4O4. The Balaban J connectivity index is 2.13. The number of benzene rings is 1. The maximum atomic E-state index is 13.2. The van der Waals surface area contributed by atoms with Crippen LogP contribution in [-0.4, -0.2) is 74.0 Å². The van der Waals surface area contributed by atoms with Crippen LogP contribution in [-0.2, 0) is 9.47 Å². The number of para-hydroxylation sites is 1. The maximum absolute atomic E-state index is 13.2. The van der Waals surface area contributed by atoms with Crippen molar-refractivity contribution in [2.24, 2.45) is 5.73 Å². The molecular weight excluding hydrogens is 348 g/mol. The quantitative estimate of drug-likeness (QED) is 0.787. The highest BCUT2D eigenvalue weighted by molar-refractivity contribution is 6.06. The van der Waals surface area contributed by atoms with Crippen molar-refractivity contribution in [2.45, 2.75) is 6.29 Å². The van der Waals surface area contributed by atoms with Crippen molar-refractivity contribution < 1.29 is 19.1 Å². The van der Waals surface area contributed by atoms with E-state index >= 15 is 0 Å². The summed E-state index contributed by atoms with van der Waals surface area (Å²) in [5.74, 6) is -0.709. The number of rotatable bonds is 5. The molecule has 0 unspecified atom stereocenters. The number of carbonyl (C=O) groups is 2. The predicted molar refractivity (Wildman–Crippen MR) is 100 cm³/mol. The number of nitrogens with zero attached hydrogens (tertiary/aromatic N) is 3. The van der Waals surface area contributed by atoms with Crippen LogP contribution in [0.2, 0.25) is 0 Å². The number of aromatic nitrogens is 1. The van der Waals surface area contributed by atoms with Gasteiger partial charge in [-0.15, -0.1) is 0 Å². The summed E-state index contributed by atoms with van der Waals surface area (Å²) in [6.45, 7) is 2.90. The lowest BCUT2D eigenvalue weighted by Crippen LogP contribution is -2.47. The van der Waals surface area contributed by atoms with Crippen molar-refractivity contribution in [1.82, 2.24) is 14.8 Å². The third-order valence-corrected chi connectivity index (χ3v) is 4.81. The number of methoxy groups -OCH3 is 2. The van der Waals surface area contributed by atoms with Crippen LogP contribution in [0.15, 0.2) is 24.3 Å². The minimum absolute atomic E-state index is 0.129. The molecule has 27 heavy (non-hydrogen) atoms. The van der Waals surface area contributed by atoms with Gasteiger partial charge >= 0.3 is 0 Å². The Morgan fingerprint density at radius 1 is 1.11 bits per heavy atom.